The minimum absolute atomic E-state index is 0.213. The van der Waals surface area contributed by atoms with Gasteiger partial charge >= 0.3 is 5.97 Å². The Balaban J connectivity index is 2.92. The number of rotatable bonds is 1. The molecule has 11 heavy (non-hydrogen) atoms. The molecule has 0 aromatic carbocycles. The fourth-order valence-electron chi connectivity index (χ4n) is 1.02. The predicted molar refractivity (Wildman–Crippen MR) is 41.6 cm³/mol. The highest BCUT2D eigenvalue weighted by Gasteiger charge is 2.39. The highest BCUT2D eigenvalue weighted by atomic mass is 16.6. The van der Waals surface area contributed by atoms with Crippen LogP contribution in [-0.4, -0.2) is 11.6 Å². The van der Waals surface area contributed by atoms with Gasteiger partial charge < -0.3 is 10.5 Å². The van der Waals surface area contributed by atoms with Crippen LogP contribution >= 0.6 is 0 Å². The molecule has 0 aromatic rings. The summed E-state index contributed by atoms with van der Waals surface area (Å²) in [5, 5.41) is 0. The third-order valence-corrected chi connectivity index (χ3v) is 2.26. The highest BCUT2D eigenvalue weighted by Crippen LogP contribution is 2.31. The Morgan fingerprint density at radius 1 is 1.64 bits per heavy atom. The number of esters is 1. The van der Waals surface area contributed by atoms with E-state index in [2.05, 4.69) is 0 Å². The van der Waals surface area contributed by atoms with Crippen LogP contribution in [0, 0.1) is 5.92 Å². The van der Waals surface area contributed by atoms with Gasteiger partial charge in [-0.2, -0.15) is 0 Å². The molecule has 0 aliphatic carbocycles. The van der Waals surface area contributed by atoms with Gasteiger partial charge in [0.1, 0.15) is 0 Å². The summed E-state index contributed by atoms with van der Waals surface area (Å²) in [5.74, 6) is -0.121. The van der Waals surface area contributed by atoms with Crippen LogP contribution in [0.3, 0.4) is 0 Å². The second-order valence-electron chi connectivity index (χ2n) is 3.28. The number of carbonyl (C=O) groups excluding carboxylic acids is 1. The van der Waals surface area contributed by atoms with E-state index in [0.717, 1.165) is 0 Å². The molecule has 0 amide bonds. The van der Waals surface area contributed by atoms with Crippen LogP contribution in [-0.2, 0) is 9.53 Å². The van der Waals surface area contributed by atoms with Crippen LogP contribution in [0.15, 0.2) is 11.8 Å². The number of hydrogen-bond donors (Lipinski definition) is 1. The van der Waals surface area contributed by atoms with E-state index in [0.29, 0.717) is 5.70 Å². The maximum absolute atomic E-state index is 10.8. The third-order valence-electron chi connectivity index (χ3n) is 2.26. The van der Waals surface area contributed by atoms with Crippen LogP contribution in [0.2, 0.25) is 0 Å². The fraction of sp³-hybridized carbons (Fsp3) is 0.625. The fourth-order valence-corrected chi connectivity index (χ4v) is 1.02. The maximum atomic E-state index is 10.8. The van der Waals surface area contributed by atoms with Gasteiger partial charge in [-0.05, 0) is 12.8 Å². The number of hydrogen-bond acceptors (Lipinski definition) is 3. The van der Waals surface area contributed by atoms with E-state index in [4.69, 9.17) is 10.5 Å². The Kier molecular flexibility index (Phi) is 1.66. The zero-order valence-electron chi connectivity index (χ0n) is 7.05. The topological polar surface area (TPSA) is 52.3 Å². The first-order valence-electron chi connectivity index (χ1n) is 3.67. The lowest BCUT2D eigenvalue weighted by Gasteiger charge is -2.28. The monoisotopic (exact) mass is 155 g/mol. The average Bonchev–Trinajstić information content (AvgIpc) is 2.08. The van der Waals surface area contributed by atoms with Crippen LogP contribution < -0.4 is 5.73 Å². The van der Waals surface area contributed by atoms with E-state index in [1.165, 1.54) is 6.08 Å². The number of nitrogens with two attached hydrogens (primary N) is 1. The van der Waals surface area contributed by atoms with Crippen molar-refractivity contribution in [3.05, 3.63) is 11.8 Å². The molecule has 0 saturated heterocycles. The van der Waals surface area contributed by atoms with Crippen molar-refractivity contribution in [2.24, 2.45) is 11.7 Å². The lowest BCUT2D eigenvalue weighted by atomic mass is 9.90. The van der Waals surface area contributed by atoms with Gasteiger partial charge in [0.2, 0.25) is 0 Å². The molecular weight excluding hydrogens is 142 g/mol. The van der Waals surface area contributed by atoms with Crippen molar-refractivity contribution in [3.63, 3.8) is 0 Å². The molecule has 0 aromatic heterocycles. The minimum atomic E-state index is -0.586. The minimum Gasteiger partial charge on any atom is -0.449 e. The molecule has 1 unspecified atom stereocenters. The predicted octanol–water partition coefficient (Wildman–Crippen LogP) is 0.800. The van der Waals surface area contributed by atoms with Crippen molar-refractivity contribution in [1.82, 2.24) is 0 Å². The Bertz CT molecular complexity index is 220. The summed E-state index contributed by atoms with van der Waals surface area (Å²) in [4.78, 5) is 10.8. The zero-order chi connectivity index (χ0) is 8.65. The summed E-state index contributed by atoms with van der Waals surface area (Å²) in [6.07, 6.45) is 1.35. The van der Waals surface area contributed by atoms with Crippen molar-refractivity contribution >= 4 is 5.97 Å². The quantitative estimate of drug-likeness (QED) is 0.570. The summed E-state index contributed by atoms with van der Waals surface area (Å²) >= 11 is 0. The van der Waals surface area contributed by atoms with E-state index in [-0.39, 0.29) is 11.9 Å². The van der Waals surface area contributed by atoms with Crippen LogP contribution in [0.4, 0.5) is 0 Å². The standard InChI is InChI=1S/C8H13NO2/c1-5(2)8(3)6(9)4-7(10)11-8/h4-5H,9H2,1-3H3. The highest BCUT2D eigenvalue weighted by molar-refractivity contribution is 5.86. The molecule has 0 radical (unpaired) electrons. The second-order valence-corrected chi connectivity index (χ2v) is 3.28. The Morgan fingerprint density at radius 2 is 2.18 bits per heavy atom. The molecule has 1 atom stereocenters. The third kappa shape index (κ3) is 1.11. The summed E-state index contributed by atoms with van der Waals surface area (Å²) in [7, 11) is 0. The van der Waals surface area contributed by atoms with Gasteiger partial charge in [0.15, 0.2) is 5.60 Å². The van der Waals surface area contributed by atoms with Crippen LogP contribution in [0.1, 0.15) is 20.8 Å². The summed E-state index contributed by atoms with van der Waals surface area (Å²) in [6.45, 7) is 5.77. The SMILES string of the molecule is CC(C)C1(C)OC(=O)C=C1N. The number of cyclic esters (lactones) is 1. The molecule has 0 spiro atoms. The van der Waals surface area contributed by atoms with Gasteiger partial charge in [-0.1, -0.05) is 13.8 Å². The molecule has 2 N–H and O–H groups in total. The first-order valence-corrected chi connectivity index (χ1v) is 3.67. The van der Waals surface area contributed by atoms with E-state index >= 15 is 0 Å². The molecule has 3 nitrogen and oxygen atoms in total. The van der Waals surface area contributed by atoms with E-state index in [9.17, 15) is 4.79 Å². The molecule has 0 saturated carbocycles. The molecule has 0 fully saturated rings. The van der Waals surface area contributed by atoms with Gasteiger partial charge in [0.05, 0.1) is 5.70 Å². The summed E-state index contributed by atoms with van der Waals surface area (Å²) in [6, 6.07) is 0. The molecule has 1 heterocycles. The van der Waals surface area contributed by atoms with Crippen LogP contribution in [0.25, 0.3) is 0 Å². The Hall–Kier alpha value is -0.990. The number of carbonyl (C=O) groups is 1. The van der Waals surface area contributed by atoms with Gasteiger partial charge in [0, 0.05) is 6.08 Å². The molecular formula is C8H13NO2. The molecule has 1 aliphatic rings. The smallest absolute Gasteiger partial charge is 0.333 e. The Morgan fingerprint density at radius 3 is 2.36 bits per heavy atom. The van der Waals surface area contributed by atoms with E-state index in [1.54, 1.807) is 0 Å². The van der Waals surface area contributed by atoms with Crippen molar-refractivity contribution < 1.29 is 9.53 Å². The zero-order valence-corrected chi connectivity index (χ0v) is 7.05. The molecule has 3 heteroatoms. The van der Waals surface area contributed by atoms with Gasteiger partial charge in [-0.25, -0.2) is 4.79 Å². The first kappa shape index (κ1) is 8.11. The first-order chi connectivity index (χ1) is 4.97. The average molecular weight is 155 g/mol. The van der Waals surface area contributed by atoms with Crippen molar-refractivity contribution in [1.29, 1.82) is 0 Å². The largest absolute Gasteiger partial charge is 0.449 e. The van der Waals surface area contributed by atoms with E-state index < -0.39 is 5.60 Å². The Labute approximate surface area is 66.2 Å². The summed E-state index contributed by atoms with van der Waals surface area (Å²) in [5.41, 5.74) is 5.56. The van der Waals surface area contributed by atoms with Gasteiger partial charge in [-0.3, -0.25) is 0 Å². The molecule has 1 rings (SSSR count). The lowest BCUT2D eigenvalue weighted by molar-refractivity contribution is -0.147. The molecule has 0 bridgehead atoms. The van der Waals surface area contributed by atoms with Gasteiger partial charge in [-0.15, -0.1) is 0 Å². The molecule has 62 valence electrons. The summed E-state index contributed by atoms with van der Waals surface area (Å²) < 4.78 is 5.07. The van der Waals surface area contributed by atoms with Crippen LogP contribution in [0.5, 0.6) is 0 Å². The normalized spacial score (nSPS) is 30.5. The van der Waals surface area contributed by atoms with Crippen molar-refractivity contribution in [2.75, 3.05) is 0 Å². The van der Waals surface area contributed by atoms with E-state index in [1.807, 2.05) is 20.8 Å². The molecule has 1 aliphatic heterocycles. The maximum Gasteiger partial charge on any atom is 0.333 e. The van der Waals surface area contributed by atoms with Crippen molar-refractivity contribution in [3.8, 4) is 0 Å². The van der Waals surface area contributed by atoms with Gasteiger partial charge in [0.25, 0.3) is 0 Å². The second kappa shape index (κ2) is 2.26. The van der Waals surface area contributed by atoms with Crippen molar-refractivity contribution in [2.45, 2.75) is 26.4 Å². The number of ether oxygens (including phenoxy) is 1. The lowest BCUT2D eigenvalue weighted by Crippen LogP contribution is -2.37.